The first-order chi connectivity index (χ1) is 12.2. The lowest BCUT2D eigenvalue weighted by Crippen LogP contribution is -2.87. The monoisotopic (exact) mass is 371 g/mol. The van der Waals surface area contributed by atoms with Crippen LogP contribution in [0.3, 0.4) is 0 Å². The summed E-state index contributed by atoms with van der Waals surface area (Å²) in [5.74, 6) is -0.00240. The Balaban J connectivity index is 1.60. The van der Waals surface area contributed by atoms with Crippen LogP contribution in [0.2, 0.25) is 5.02 Å². The first-order valence-corrected chi connectivity index (χ1v) is 9.41. The first kappa shape index (κ1) is 17.7. The van der Waals surface area contributed by atoms with Crippen LogP contribution in [0.1, 0.15) is 22.0 Å². The summed E-state index contributed by atoms with van der Waals surface area (Å²) in [4.78, 5) is 13.5. The van der Waals surface area contributed by atoms with Crippen molar-refractivity contribution >= 4 is 28.8 Å². The molecular weight excluding hydrogens is 352 g/mol. The van der Waals surface area contributed by atoms with E-state index in [0.717, 1.165) is 5.56 Å². The molecule has 128 valence electrons. The predicted molar refractivity (Wildman–Crippen MR) is 103 cm³/mol. The van der Waals surface area contributed by atoms with Gasteiger partial charge in [-0.25, -0.2) is 0 Å². The van der Waals surface area contributed by atoms with Gasteiger partial charge in [0.2, 0.25) is 0 Å². The Morgan fingerprint density at radius 1 is 1.04 bits per heavy atom. The number of nitrogens with two attached hydrogens (primary N) is 1. The molecule has 1 heterocycles. The molecule has 0 bridgehead atoms. The molecule has 5 heteroatoms. The molecule has 0 unspecified atom stereocenters. The average molecular weight is 372 g/mol. The van der Waals surface area contributed by atoms with Gasteiger partial charge in [-0.3, -0.25) is 4.79 Å². The van der Waals surface area contributed by atoms with Crippen molar-refractivity contribution in [1.29, 1.82) is 0 Å². The number of halogens is 1. The smallest absolute Gasteiger partial charge is 0.275 e. The van der Waals surface area contributed by atoms with Crippen molar-refractivity contribution in [3.8, 4) is 0 Å². The number of carbonyl (C=O) groups is 1. The van der Waals surface area contributed by atoms with Crippen LogP contribution in [0.25, 0.3) is 0 Å². The van der Waals surface area contributed by atoms with Crippen molar-refractivity contribution in [3.63, 3.8) is 0 Å². The SMILES string of the molecule is O=C(C[NH2+][C@@H](c1ccccc1)c1cccs1)NCc1ccccc1Cl. The molecule has 25 heavy (non-hydrogen) atoms. The van der Waals surface area contributed by atoms with Gasteiger partial charge in [-0.15, -0.1) is 11.3 Å². The van der Waals surface area contributed by atoms with Crippen LogP contribution in [-0.2, 0) is 11.3 Å². The quantitative estimate of drug-likeness (QED) is 0.657. The van der Waals surface area contributed by atoms with Crippen LogP contribution in [0.4, 0.5) is 0 Å². The summed E-state index contributed by atoms with van der Waals surface area (Å²) < 4.78 is 0. The number of quaternary nitrogens is 1. The van der Waals surface area contributed by atoms with E-state index < -0.39 is 0 Å². The van der Waals surface area contributed by atoms with Gasteiger partial charge in [0, 0.05) is 17.1 Å². The van der Waals surface area contributed by atoms with Crippen molar-refractivity contribution in [1.82, 2.24) is 5.32 Å². The summed E-state index contributed by atoms with van der Waals surface area (Å²) >= 11 is 7.83. The number of amides is 1. The minimum atomic E-state index is -0.00240. The highest BCUT2D eigenvalue weighted by Gasteiger charge is 2.19. The van der Waals surface area contributed by atoms with E-state index in [4.69, 9.17) is 11.6 Å². The fourth-order valence-corrected chi connectivity index (χ4v) is 3.73. The number of carbonyl (C=O) groups excluding carboxylic acids is 1. The topological polar surface area (TPSA) is 45.7 Å². The number of hydrogen-bond donors (Lipinski definition) is 2. The van der Waals surface area contributed by atoms with Crippen molar-refractivity contribution in [2.45, 2.75) is 12.6 Å². The Morgan fingerprint density at radius 2 is 1.80 bits per heavy atom. The number of rotatable bonds is 7. The third kappa shape index (κ3) is 4.92. The zero-order chi connectivity index (χ0) is 17.5. The molecule has 3 nitrogen and oxygen atoms in total. The highest BCUT2D eigenvalue weighted by atomic mass is 35.5. The fourth-order valence-electron chi connectivity index (χ4n) is 2.68. The van der Waals surface area contributed by atoms with E-state index >= 15 is 0 Å². The highest BCUT2D eigenvalue weighted by molar-refractivity contribution is 7.10. The van der Waals surface area contributed by atoms with Crippen molar-refractivity contribution < 1.29 is 10.1 Å². The maximum atomic E-state index is 12.3. The lowest BCUT2D eigenvalue weighted by Gasteiger charge is -2.15. The van der Waals surface area contributed by atoms with E-state index in [9.17, 15) is 4.79 Å². The molecule has 0 radical (unpaired) electrons. The third-order valence-electron chi connectivity index (χ3n) is 3.98. The molecule has 0 fully saturated rings. The van der Waals surface area contributed by atoms with E-state index in [2.05, 4.69) is 34.2 Å². The summed E-state index contributed by atoms with van der Waals surface area (Å²) in [5.41, 5.74) is 2.12. The maximum Gasteiger partial charge on any atom is 0.275 e. The van der Waals surface area contributed by atoms with E-state index in [1.165, 1.54) is 10.4 Å². The second kappa shape index (κ2) is 8.81. The summed E-state index contributed by atoms with van der Waals surface area (Å²) in [5, 5.41) is 7.75. The molecule has 0 saturated carbocycles. The number of thiophene rings is 1. The Labute approximate surface area is 156 Å². The molecule has 0 aliphatic heterocycles. The molecule has 0 aliphatic carbocycles. The Hall–Kier alpha value is -2.14. The largest absolute Gasteiger partial charge is 0.347 e. The van der Waals surface area contributed by atoms with E-state index in [1.54, 1.807) is 11.3 Å². The summed E-state index contributed by atoms with van der Waals surface area (Å²) in [6, 6.07) is 22.1. The van der Waals surface area contributed by atoms with Crippen LogP contribution >= 0.6 is 22.9 Å². The molecule has 0 aliphatic rings. The van der Waals surface area contributed by atoms with E-state index in [-0.39, 0.29) is 11.9 Å². The van der Waals surface area contributed by atoms with Crippen LogP contribution in [0.15, 0.2) is 72.1 Å². The standard InChI is InChI=1S/C20H19ClN2OS/c21-17-10-5-4-9-16(17)13-22-19(24)14-23-20(18-11-6-12-25-18)15-7-2-1-3-8-15/h1-12,20,23H,13-14H2,(H,22,24)/p+1/t20-/m0/s1. The minimum absolute atomic E-state index is 0.00240. The Morgan fingerprint density at radius 3 is 2.52 bits per heavy atom. The molecule has 1 atom stereocenters. The number of benzene rings is 2. The van der Waals surface area contributed by atoms with Gasteiger partial charge in [0.1, 0.15) is 6.04 Å². The van der Waals surface area contributed by atoms with Gasteiger partial charge in [-0.05, 0) is 23.1 Å². The lowest BCUT2D eigenvalue weighted by molar-refractivity contribution is -0.676. The zero-order valence-corrected chi connectivity index (χ0v) is 15.3. The summed E-state index contributed by atoms with van der Waals surface area (Å²) in [7, 11) is 0. The molecular formula is C20H20ClN2OS+. The molecule has 0 saturated heterocycles. The molecule has 3 N–H and O–H groups in total. The van der Waals surface area contributed by atoms with E-state index in [0.29, 0.717) is 18.1 Å². The van der Waals surface area contributed by atoms with Crippen molar-refractivity contribution in [2.24, 2.45) is 0 Å². The maximum absolute atomic E-state index is 12.3. The minimum Gasteiger partial charge on any atom is -0.347 e. The molecule has 1 aromatic heterocycles. The van der Waals surface area contributed by atoms with Gasteiger partial charge in [0.25, 0.3) is 5.91 Å². The van der Waals surface area contributed by atoms with Gasteiger partial charge in [-0.1, -0.05) is 66.2 Å². The summed E-state index contributed by atoms with van der Waals surface area (Å²) in [6.07, 6.45) is 0. The third-order valence-corrected chi connectivity index (χ3v) is 5.31. The Bertz CT molecular complexity index is 806. The van der Waals surface area contributed by atoms with Gasteiger partial charge in [-0.2, -0.15) is 0 Å². The zero-order valence-electron chi connectivity index (χ0n) is 13.7. The van der Waals surface area contributed by atoms with Gasteiger partial charge in [0.05, 0.1) is 4.88 Å². The van der Waals surface area contributed by atoms with Gasteiger partial charge >= 0.3 is 0 Å². The first-order valence-electron chi connectivity index (χ1n) is 8.16. The second-order valence-corrected chi connectivity index (χ2v) is 7.10. The average Bonchev–Trinajstić information content (AvgIpc) is 3.16. The molecule has 2 aromatic carbocycles. The van der Waals surface area contributed by atoms with E-state index in [1.807, 2.05) is 48.5 Å². The molecule has 3 aromatic rings. The van der Waals surface area contributed by atoms with Crippen molar-refractivity contribution in [3.05, 3.63) is 93.1 Å². The fraction of sp³-hybridized carbons (Fsp3) is 0.150. The second-order valence-electron chi connectivity index (χ2n) is 5.71. The molecule has 1 amide bonds. The summed E-state index contributed by atoms with van der Waals surface area (Å²) in [6.45, 7) is 0.809. The van der Waals surface area contributed by atoms with Crippen molar-refractivity contribution in [2.75, 3.05) is 6.54 Å². The van der Waals surface area contributed by atoms with Gasteiger partial charge in [0.15, 0.2) is 6.54 Å². The number of hydrogen-bond acceptors (Lipinski definition) is 2. The van der Waals surface area contributed by atoms with Crippen LogP contribution in [-0.4, -0.2) is 12.5 Å². The Kier molecular flexibility index (Phi) is 6.23. The molecule has 0 spiro atoms. The highest BCUT2D eigenvalue weighted by Crippen LogP contribution is 2.22. The normalized spacial score (nSPS) is 11.9. The number of nitrogens with one attached hydrogen (secondary N) is 1. The van der Waals surface area contributed by atoms with Crippen LogP contribution < -0.4 is 10.6 Å². The van der Waals surface area contributed by atoms with Crippen LogP contribution in [0.5, 0.6) is 0 Å². The lowest BCUT2D eigenvalue weighted by atomic mass is 10.1. The molecule has 3 rings (SSSR count). The predicted octanol–water partition coefficient (Wildman–Crippen LogP) is 3.37. The van der Waals surface area contributed by atoms with Crippen LogP contribution in [0, 0.1) is 0 Å². The van der Waals surface area contributed by atoms with Gasteiger partial charge < -0.3 is 10.6 Å².